The first-order chi connectivity index (χ1) is 8.47. The highest BCUT2D eigenvalue weighted by Crippen LogP contribution is 2.05. The maximum Gasteiger partial charge on any atom is 0.330 e. The summed E-state index contributed by atoms with van der Waals surface area (Å²) in [4.78, 5) is 9.60. The zero-order valence-corrected chi connectivity index (χ0v) is 10.9. The maximum absolute atomic E-state index is 9.60. The van der Waals surface area contributed by atoms with E-state index >= 15 is 0 Å². The van der Waals surface area contributed by atoms with Crippen LogP contribution in [0.25, 0.3) is 0 Å². The van der Waals surface area contributed by atoms with Gasteiger partial charge < -0.3 is 24.4 Å². The van der Waals surface area contributed by atoms with Crippen LogP contribution in [0.3, 0.4) is 0 Å². The van der Waals surface area contributed by atoms with Crippen molar-refractivity contribution in [2.45, 2.75) is 26.1 Å². The second-order valence-electron chi connectivity index (χ2n) is 3.98. The molecule has 0 aromatic rings. The van der Waals surface area contributed by atoms with E-state index in [4.69, 9.17) is 14.9 Å². The molecule has 0 bridgehead atoms. The van der Waals surface area contributed by atoms with Crippen LogP contribution in [0.1, 0.15) is 13.8 Å². The van der Waals surface area contributed by atoms with Gasteiger partial charge in [0.15, 0.2) is 0 Å². The van der Waals surface area contributed by atoms with E-state index in [1.807, 2.05) is 0 Å². The average Bonchev–Trinajstić information content (AvgIpc) is 3.19. The molecule has 18 heavy (non-hydrogen) atoms. The Morgan fingerprint density at radius 1 is 1.33 bits per heavy atom. The second-order valence-corrected chi connectivity index (χ2v) is 3.98. The third kappa shape index (κ3) is 20.5. The van der Waals surface area contributed by atoms with Gasteiger partial charge in [-0.05, 0) is 13.8 Å². The van der Waals surface area contributed by atoms with E-state index in [0.29, 0.717) is 6.10 Å². The van der Waals surface area contributed by atoms with Crippen molar-refractivity contribution >= 4 is 5.97 Å². The summed E-state index contributed by atoms with van der Waals surface area (Å²) < 4.78 is 13.8. The van der Waals surface area contributed by atoms with Gasteiger partial charge in [0, 0.05) is 5.57 Å². The number of aliphatic hydroxyl groups is 1. The van der Waals surface area contributed by atoms with Crippen molar-refractivity contribution in [3.63, 3.8) is 0 Å². The van der Waals surface area contributed by atoms with Crippen LogP contribution < -0.4 is 0 Å². The Balaban J connectivity index is 0.000000219. The number of carboxylic acid groups (broad SMARTS) is 1. The molecule has 2 atom stereocenters. The average molecular weight is 262 g/mol. The minimum atomic E-state index is -0.935. The summed E-state index contributed by atoms with van der Waals surface area (Å²) in [5, 5.41) is 16.0. The molecule has 3 saturated heterocycles. The normalized spacial score (nSPS) is 24.8. The maximum atomic E-state index is 9.60. The number of hydrogen-bond donors (Lipinski definition) is 2. The fourth-order valence-electron chi connectivity index (χ4n) is 0.270. The van der Waals surface area contributed by atoms with E-state index in [1.54, 1.807) is 0 Å². The highest BCUT2D eigenvalue weighted by atomic mass is 16.6. The standard InChI is InChI=1S/C4H6O2.C3H6O2.C3H6O.C2H4O/c1-3(2)4(5)6;4-1-3-2-5-3;1-3-2-4-3;1-2-3-1/h1H2,2H3,(H,5,6);3-4H,1-2H2;3H,2H2,1H3;1-2H2. The molecule has 3 aliphatic heterocycles. The molecule has 0 spiro atoms. The molecule has 0 amide bonds. The largest absolute Gasteiger partial charge is 0.478 e. The topological polar surface area (TPSA) is 95.1 Å². The van der Waals surface area contributed by atoms with E-state index < -0.39 is 5.97 Å². The van der Waals surface area contributed by atoms with Gasteiger partial charge in [0.05, 0.1) is 39.1 Å². The zero-order valence-electron chi connectivity index (χ0n) is 10.9. The van der Waals surface area contributed by atoms with Crippen LogP contribution in [0.5, 0.6) is 0 Å². The highest BCUT2D eigenvalue weighted by Gasteiger charge is 2.19. The van der Waals surface area contributed by atoms with Gasteiger partial charge in [-0.3, -0.25) is 0 Å². The number of aliphatic carboxylic acids is 1. The number of aliphatic hydroxyl groups excluding tert-OH is 1. The van der Waals surface area contributed by atoms with E-state index in [1.165, 1.54) is 6.92 Å². The quantitative estimate of drug-likeness (QED) is 0.554. The lowest BCUT2D eigenvalue weighted by Crippen LogP contribution is -1.92. The van der Waals surface area contributed by atoms with Gasteiger partial charge >= 0.3 is 5.97 Å². The van der Waals surface area contributed by atoms with Gasteiger partial charge in [-0.25, -0.2) is 4.79 Å². The van der Waals surface area contributed by atoms with Crippen molar-refractivity contribution in [3.05, 3.63) is 12.2 Å². The van der Waals surface area contributed by atoms with Gasteiger partial charge in [-0.1, -0.05) is 6.58 Å². The molecule has 3 fully saturated rings. The molecule has 3 heterocycles. The molecular formula is C12H22O6. The molecule has 3 rings (SSSR count). The number of ether oxygens (including phenoxy) is 3. The molecule has 106 valence electrons. The van der Waals surface area contributed by atoms with Gasteiger partial charge in [0.2, 0.25) is 0 Å². The first-order valence-corrected chi connectivity index (χ1v) is 5.78. The molecule has 2 unspecified atom stereocenters. The van der Waals surface area contributed by atoms with Crippen LogP contribution in [0.15, 0.2) is 12.2 Å². The van der Waals surface area contributed by atoms with Gasteiger partial charge in [0.1, 0.15) is 6.10 Å². The van der Waals surface area contributed by atoms with Crippen LogP contribution in [-0.4, -0.2) is 61.4 Å². The summed E-state index contributed by atoms with van der Waals surface area (Å²) in [6, 6.07) is 0. The van der Waals surface area contributed by atoms with Crippen LogP contribution in [0, 0.1) is 0 Å². The van der Waals surface area contributed by atoms with Crippen LogP contribution in [0.4, 0.5) is 0 Å². The number of carboxylic acids is 1. The fourth-order valence-corrected chi connectivity index (χ4v) is 0.270. The fraction of sp³-hybridized carbons (Fsp3) is 0.750. The lowest BCUT2D eigenvalue weighted by molar-refractivity contribution is -0.132. The Bertz CT molecular complexity index is 228. The highest BCUT2D eigenvalue weighted by molar-refractivity contribution is 5.84. The molecule has 0 aromatic heterocycles. The van der Waals surface area contributed by atoms with Crippen molar-refractivity contribution in [2.24, 2.45) is 0 Å². The van der Waals surface area contributed by atoms with Crippen LogP contribution in [-0.2, 0) is 19.0 Å². The van der Waals surface area contributed by atoms with E-state index in [0.717, 1.165) is 26.4 Å². The SMILES string of the molecule is C1CO1.C=C(C)C(=O)O.CC1CO1.OCC1CO1. The smallest absolute Gasteiger partial charge is 0.330 e. The molecule has 0 radical (unpaired) electrons. The minimum absolute atomic E-state index is 0.176. The molecule has 0 saturated carbocycles. The monoisotopic (exact) mass is 262 g/mol. The Morgan fingerprint density at radius 2 is 1.67 bits per heavy atom. The summed E-state index contributed by atoms with van der Waals surface area (Å²) in [5.74, 6) is -0.935. The summed E-state index contributed by atoms with van der Waals surface area (Å²) in [6.07, 6.45) is 0.773. The third-order valence-corrected chi connectivity index (χ3v) is 1.68. The molecule has 0 aromatic carbocycles. The summed E-state index contributed by atoms with van der Waals surface area (Å²) >= 11 is 0. The van der Waals surface area contributed by atoms with Crippen molar-refractivity contribution < 1.29 is 29.2 Å². The number of carbonyl (C=O) groups is 1. The number of hydrogen-bond acceptors (Lipinski definition) is 5. The minimum Gasteiger partial charge on any atom is -0.478 e. The molecule has 6 heteroatoms. The molecule has 3 aliphatic rings. The van der Waals surface area contributed by atoms with Crippen LogP contribution in [0.2, 0.25) is 0 Å². The predicted octanol–water partition coefficient (Wildman–Crippen LogP) is 0.446. The summed E-state index contributed by atoms with van der Waals surface area (Å²) in [6.45, 7) is 10.6. The van der Waals surface area contributed by atoms with Gasteiger partial charge in [0.25, 0.3) is 0 Å². The first-order valence-electron chi connectivity index (χ1n) is 5.78. The zero-order chi connectivity index (χ0) is 14.0. The Labute approximate surface area is 107 Å². The summed E-state index contributed by atoms with van der Waals surface area (Å²) in [5.41, 5.74) is 0.176. The predicted molar refractivity (Wildman–Crippen MR) is 65.5 cm³/mol. The first kappa shape index (κ1) is 17.1. The van der Waals surface area contributed by atoms with E-state index in [-0.39, 0.29) is 18.3 Å². The number of rotatable bonds is 2. The third-order valence-electron chi connectivity index (χ3n) is 1.68. The van der Waals surface area contributed by atoms with Gasteiger partial charge in [-0.2, -0.15) is 0 Å². The Kier molecular flexibility index (Phi) is 9.49. The molecular weight excluding hydrogens is 240 g/mol. The van der Waals surface area contributed by atoms with E-state index in [9.17, 15) is 4.79 Å². The Morgan fingerprint density at radius 3 is 1.67 bits per heavy atom. The van der Waals surface area contributed by atoms with Gasteiger partial charge in [-0.15, -0.1) is 0 Å². The molecule has 6 nitrogen and oxygen atoms in total. The van der Waals surface area contributed by atoms with Crippen molar-refractivity contribution in [2.75, 3.05) is 33.0 Å². The summed E-state index contributed by atoms with van der Waals surface area (Å²) in [7, 11) is 0. The van der Waals surface area contributed by atoms with Crippen LogP contribution >= 0.6 is 0 Å². The Hall–Kier alpha value is -0.950. The van der Waals surface area contributed by atoms with Crippen molar-refractivity contribution in [1.82, 2.24) is 0 Å². The lowest BCUT2D eigenvalue weighted by atomic mass is 10.4. The number of epoxide rings is 3. The molecule has 2 N–H and O–H groups in total. The lowest BCUT2D eigenvalue weighted by Gasteiger charge is -1.79. The molecule has 0 aliphatic carbocycles. The van der Waals surface area contributed by atoms with E-state index in [2.05, 4.69) is 23.0 Å². The second kappa shape index (κ2) is 10.0. The van der Waals surface area contributed by atoms with Crippen molar-refractivity contribution in [1.29, 1.82) is 0 Å². The van der Waals surface area contributed by atoms with Crippen molar-refractivity contribution in [3.8, 4) is 0 Å².